The first-order valence-corrected chi connectivity index (χ1v) is 5.97. The van der Waals surface area contributed by atoms with Crippen molar-refractivity contribution in [3.63, 3.8) is 0 Å². The van der Waals surface area contributed by atoms with Gasteiger partial charge < -0.3 is 0 Å². The molecule has 0 fully saturated rings. The molecule has 0 amide bonds. The highest BCUT2D eigenvalue weighted by Gasteiger charge is 2.11. The summed E-state index contributed by atoms with van der Waals surface area (Å²) in [4.78, 5) is 4.19. The first-order valence-electron chi connectivity index (χ1n) is 5.97. The number of benzene rings is 1. The lowest BCUT2D eigenvalue weighted by molar-refractivity contribution is 0.793. The maximum atomic E-state index is 4.19. The Hall–Kier alpha value is -1.37. The Morgan fingerprint density at radius 3 is 2.00 bits per heavy atom. The molecule has 0 aliphatic rings. The van der Waals surface area contributed by atoms with Gasteiger partial charge in [-0.15, -0.1) is 0 Å². The van der Waals surface area contributed by atoms with Gasteiger partial charge in [0, 0.05) is 17.8 Å². The molecule has 16 heavy (non-hydrogen) atoms. The quantitative estimate of drug-likeness (QED) is 0.716. The molecule has 0 radical (unpaired) electrons. The van der Waals surface area contributed by atoms with Gasteiger partial charge in [-0.1, -0.05) is 33.8 Å². The Morgan fingerprint density at radius 2 is 1.44 bits per heavy atom. The van der Waals surface area contributed by atoms with Crippen LogP contribution in [0.4, 0.5) is 0 Å². The number of hydrogen-bond donors (Lipinski definition) is 0. The first-order chi connectivity index (χ1) is 7.59. The van der Waals surface area contributed by atoms with Crippen LogP contribution in [0, 0.1) is 0 Å². The molecule has 0 aliphatic heterocycles. The highest BCUT2D eigenvalue weighted by molar-refractivity contribution is 5.83. The topological polar surface area (TPSA) is 12.9 Å². The molecule has 1 aromatic carbocycles. The lowest BCUT2D eigenvalue weighted by atomic mass is 9.88. The fourth-order valence-electron chi connectivity index (χ4n) is 2.17. The third-order valence-corrected chi connectivity index (χ3v) is 3.09. The number of hydrogen-bond acceptors (Lipinski definition) is 1. The van der Waals surface area contributed by atoms with Crippen molar-refractivity contribution < 1.29 is 0 Å². The smallest absolute Gasteiger partial charge is 0.0346 e. The van der Waals surface area contributed by atoms with Crippen molar-refractivity contribution in [3.05, 3.63) is 41.7 Å². The van der Waals surface area contributed by atoms with Crippen LogP contribution in [0.5, 0.6) is 0 Å². The van der Waals surface area contributed by atoms with E-state index in [2.05, 4.69) is 50.9 Å². The second kappa shape index (κ2) is 4.25. The summed E-state index contributed by atoms with van der Waals surface area (Å²) in [6, 6.07) is 6.70. The van der Waals surface area contributed by atoms with Crippen LogP contribution in [0.15, 0.2) is 30.6 Å². The Bertz CT molecular complexity index is 451. The molecule has 1 nitrogen and oxygen atoms in total. The van der Waals surface area contributed by atoms with Gasteiger partial charge in [-0.2, -0.15) is 0 Å². The second-order valence-electron chi connectivity index (χ2n) is 5.01. The second-order valence-corrected chi connectivity index (χ2v) is 5.01. The molecule has 0 atom stereocenters. The van der Waals surface area contributed by atoms with Crippen molar-refractivity contribution >= 4 is 10.8 Å². The first kappa shape index (κ1) is 11.1. The zero-order chi connectivity index (χ0) is 11.7. The van der Waals surface area contributed by atoms with Crippen LogP contribution in [0.1, 0.15) is 50.7 Å². The zero-order valence-corrected chi connectivity index (χ0v) is 10.5. The molecule has 84 valence electrons. The van der Waals surface area contributed by atoms with Crippen LogP contribution < -0.4 is 0 Å². The molecular weight excluding hydrogens is 194 g/mol. The van der Waals surface area contributed by atoms with E-state index in [0.29, 0.717) is 11.8 Å². The van der Waals surface area contributed by atoms with Crippen molar-refractivity contribution in [2.75, 3.05) is 0 Å². The Morgan fingerprint density at radius 1 is 0.875 bits per heavy atom. The lowest BCUT2D eigenvalue weighted by Gasteiger charge is -2.17. The maximum Gasteiger partial charge on any atom is 0.0346 e. The Balaban J connectivity index is 2.71. The molecule has 1 heteroatoms. The van der Waals surface area contributed by atoms with E-state index in [1.165, 1.54) is 21.9 Å². The maximum absolute atomic E-state index is 4.19. The standard InChI is InChI=1S/C15H19N/c1-10(2)14-7-12-5-6-16-9-13(12)8-15(14)11(3)4/h5-11H,1-4H3. The molecule has 0 saturated heterocycles. The SMILES string of the molecule is CC(C)c1cc2ccncc2cc1C(C)C. The van der Waals surface area contributed by atoms with E-state index in [1.54, 1.807) is 0 Å². The summed E-state index contributed by atoms with van der Waals surface area (Å²) in [6.07, 6.45) is 3.81. The van der Waals surface area contributed by atoms with Gasteiger partial charge in [-0.3, -0.25) is 4.98 Å². The minimum atomic E-state index is 0.571. The summed E-state index contributed by atoms with van der Waals surface area (Å²) >= 11 is 0. The van der Waals surface area contributed by atoms with E-state index in [-0.39, 0.29) is 0 Å². The average molecular weight is 213 g/mol. The van der Waals surface area contributed by atoms with Gasteiger partial charge in [0.2, 0.25) is 0 Å². The van der Waals surface area contributed by atoms with Crippen LogP contribution >= 0.6 is 0 Å². The molecule has 2 rings (SSSR count). The van der Waals surface area contributed by atoms with Crippen molar-refractivity contribution in [2.45, 2.75) is 39.5 Å². The monoisotopic (exact) mass is 213 g/mol. The number of aromatic nitrogens is 1. The van der Waals surface area contributed by atoms with Crippen LogP contribution in [-0.4, -0.2) is 4.98 Å². The number of nitrogens with zero attached hydrogens (tertiary/aromatic N) is 1. The van der Waals surface area contributed by atoms with Crippen molar-refractivity contribution in [2.24, 2.45) is 0 Å². The minimum Gasteiger partial charge on any atom is -0.264 e. The van der Waals surface area contributed by atoms with Crippen molar-refractivity contribution in [3.8, 4) is 0 Å². The van der Waals surface area contributed by atoms with E-state index in [4.69, 9.17) is 0 Å². The lowest BCUT2D eigenvalue weighted by Crippen LogP contribution is -1.98. The molecule has 2 aromatic rings. The van der Waals surface area contributed by atoms with E-state index in [0.717, 1.165) is 0 Å². The summed E-state index contributed by atoms with van der Waals surface area (Å²) in [5.74, 6) is 1.15. The van der Waals surface area contributed by atoms with Crippen LogP contribution in [-0.2, 0) is 0 Å². The molecule has 0 bridgehead atoms. The van der Waals surface area contributed by atoms with Gasteiger partial charge in [0.1, 0.15) is 0 Å². The molecule has 0 unspecified atom stereocenters. The molecular formula is C15H19N. The summed E-state index contributed by atoms with van der Waals surface area (Å²) in [5, 5.41) is 2.54. The van der Waals surface area contributed by atoms with Crippen molar-refractivity contribution in [1.82, 2.24) is 4.98 Å². The van der Waals surface area contributed by atoms with Gasteiger partial charge in [0.25, 0.3) is 0 Å². The van der Waals surface area contributed by atoms with Gasteiger partial charge in [0.05, 0.1) is 0 Å². The summed E-state index contributed by atoms with van der Waals surface area (Å²) in [7, 11) is 0. The van der Waals surface area contributed by atoms with Gasteiger partial charge in [-0.25, -0.2) is 0 Å². The Kier molecular flexibility index (Phi) is 2.95. The molecule has 1 aromatic heterocycles. The summed E-state index contributed by atoms with van der Waals surface area (Å²) < 4.78 is 0. The minimum absolute atomic E-state index is 0.571. The molecule has 0 spiro atoms. The number of fused-ring (bicyclic) bond motifs is 1. The van der Waals surface area contributed by atoms with E-state index < -0.39 is 0 Å². The van der Waals surface area contributed by atoms with Gasteiger partial charge in [-0.05, 0) is 40.5 Å². The molecule has 1 heterocycles. The zero-order valence-electron chi connectivity index (χ0n) is 10.5. The molecule has 0 saturated carbocycles. The van der Waals surface area contributed by atoms with Crippen LogP contribution in [0.3, 0.4) is 0 Å². The predicted molar refractivity (Wildman–Crippen MR) is 69.9 cm³/mol. The Labute approximate surface area is 97.5 Å². The largest absolute Gasteiger partial charge is 0.264 e. The molecule has 0 aliphatic carbocycles. The normalized spacial score (nSPS) is 11.6. The van der Waals surface area contributed by atoms with Crippen LogP contribution in [0.25, 0.3) is 10.8 Å². The average Bonchev–Trinajstić information content (AvgIpc) is 2.27. The fraction of sp³-hybridized carbons (Fsp3) is 0.400. The van der Waals surface area contributed by atoms with Gasteiger partial charge >= 0.3 is 0 Å². The highest BCUT2D eigenvalue weighted by atomic mass is 14.6. The number of rotatable bonds is 2. The van der Waals surface area contributed by atoms with E-state index in [9.17, 15) is 0 Å². The number of pyridine rings is 1. The fourth-order valence-corrected chi connectivity index (χ4v) is 2.17. The summed E-state index contributed by atoms with van der Waals surface area (Å²) in [5.41, 5.74) is 2.92. The van der Waals surface area contributed by atoms with Crippen molar-refractivity contribution in [1.29, 1.82) is 0 Å². The van der Waals surface area contributed by atoms with Crippen LogP contribution in [0.2, 0.25) is 0 Å². The van der Waals surface area contributed by atoms with E-state index >= 15 is 0 Å². The van der Waals surface area contributed by atoms with E-state index in [1.807, 2.05) is 12.4 Å². The highest BCUT2D eigenvalue weighted by Crippen LogP contribution is 2.30. The van der Waals surface area contributed by atoms with Gasteiger partial charge in [0.15, 0.2) is 0 Å². The predicted octanol–water partition coefficient (Wildman–Crippen LogP) is 4.48. The third-order valence-electron chi connectivity index (χ3n) is 3.09. The third kappa shape index (κ3) is 1.95. The summed E-state index contributed by atoms with van der Waals surface area (Å²) in [6.45, 7) is 9.02. The molecule has 0 N–H and O–H groups in total.